The Morgan fingerprint density at radius 2 is 1.93 bits per heavy atom. The molecule has 0 radical (unpaired) electrons. The lowest BCUT2D eigenvalue weighted by atomic mass is 10.1. The number of carbonyl (C=O) groups excluding carboxylic acids is 1. The second-order valence-electron chi connectivity index (χ2n) is 6.77. The van der Waals surface area contributed by atoms with Gasteiger partial charge < -0.3 is 29.7 Å². The Morgan fingerprint density at radius 1 is 1.14 bits per heavy atom. The smallest absolute Gasteiger partial charge is 0.222 e. The van der Waals surface area contributed by atoms with Gasteiger partial charge in [-0.1, -0.05) is 6.07 Å². The van der Waals surface area contributed by atoms with E-state index < -0.39 is 0 Å². The molecule has 1 aliphatic rings. The monoisotopic (exact) mass is 406 g/mol. The number of ether oxygens (including phenoxy) is 3. The van der Waals surface area contributed by atoms with Gasteiger partial charge in [0.25, 0.3) is 0 Å². The molecule has 1 fully saturated rings. The van der Waals surface area contributed by atoms with Crippen LogP contribution < -0.4 is 24.8 Å². The minimum Gasteiger partial charge on any atom is -0.493 e. The second kappa shape index (κ2) is 12.0. The minimum atomic E-state index is 0.267. The van der Waals surface area contributed by atoms with Crippen molar-refractivity contribution in [3.05, 3.63) is 17.7 Å². The summed E-state index contributed by atoms with van der Waals surface area (Å²) in [4.78, 5) is 18.2. The minimum absolute atomic E-state index is 0.267. The Morgan fingerprint density at radius 3 is 2.55 bits per heavy atom. The highest BCUT2D eigenvalue weighted by atomic mass is 16.5. The van der Waals surface area contributed by atoms with Gasteiger partial charge in [-0.2, -0.15) is 0 Å². The number of nitrogens with zero attached hydrogens (tertiary/aromatic N) is 2. The number of aliphatic imine (C=N–C) groups is 1. The van der Waals surface area contributed by atoms with E-state index >= 15 is 0 Å². The van der Waals surface area contributed by atoms with Crippen molar-refractivity contribution in [3.63, 3.8) is 0 Å². The Kier molecular flexibility index (Phi) is 9.40. The first-order valence-electron chi connectivity index (χ1n) is 10.2. The number of rotatable bonds is 11. The number of benzene rings is 1. The molecule has 0 saturated carbocycles. The summed E-state index contributed by atoms with van der Waals surface area (Å²) in [6.45, 7) is 5.87. The molecule has 1 aromatic rings. The fourth-order valence-electron chi connectivity index (χ4n) is 3.41. The molecule has 0 aromatic heterocycles. The maximum atomic E-state index is 11.7. The molecule has 162 valence electrons. The zero-order chi connectivity index (χ0) is 21.1. The van der Waals surface area contributed by atoms with Crippen LogP contribution in [0.2, 0.25) is 0 Å². The van der Waals surface area contributed by atoms with Crippen LogP contribution in [0.1, 0.15) is 31.7 Å². The first-order valence-corrected chi connectivity index (χ1v) is 10.2. The van der Waals surface area contributed by atoms with Crippen LogP contribution in [0.25, 0.3) is 0 Å². The zero-order valence-corrected chi connectivity index (χ0v) is 18.0. The number of hydrogen-bond acceptors (Lipinski definition) is 5. The van der Waals surface area contributed by atoms with Crippen LogP contribution in [-0.4, -0.2) is 70.8 Å². The molecule has 0 spiro atoms. The summed E-state index contributed by atoms with van der Waals surface area (Å²) in [6, 6.07) is 3.87. The van der Waals surface area contributed by atoms with Crippen molar-refractivity contribution in [2.75, 3.05) is 54.1 Å². The lowest BCUT2D eigenvalue weighted by Gasteiger charge is -2.17. The predicted octanol–water partition coefficient (Wildman–Crippen LogP) is 1.82. The molecule has 1 amide bonds. The number of guanidine groups is 1. The lowest BCUT2D eigenvalue weighted by Crippen LogP contribution is -2.38. The molecule has 0 aliphatic carbocycles. The molecule has 8 heteroatoms. The predicted molar refractivity (Wildman–Crippen MR) is 114 cm³/mol. The molecule has 1 saturated heterocycles. The third-order valence-electron chi connectivity index (χ3n) is 4.84. The summed E-state index contributed by atoms with van der Waals surface area (Å²) in [5.74, 6) is 2.98. The average Bonchev–Trinajstić information content (AvgIpc) is 3.15. The number of carbonyl (C=O) groups is 1. The number of methoxy groups -OCH3 is 3. The van der Waals surface area contributed by atoms with E-state index in [9.17, 15) is 4.79 Å². The van der Waals surface area contributed by atoms with Gasteiger partial charge in [-0.15, -0.1) is 0 Å². The second-order valence-corrected chi connectivity index (χ2v) is 6.77. The average molecular weight is 407 g/mol. The van der Waals surface area contributed by atoms with E-state index in [1.165, 1.54) is 0 Å². The van der Waals surface area contributed by atoms with E-state index in [0.717, 1.165) is 50.4 Å². The normalized spacial score (nSPS) is 14.1. The Bertz CT molecular complexity index is 694. The molecule has 1 aromatic carbocycles. The van der Waals surface area contributed by atoms with E-state index in [1.54, 1.807) is 21.3 Å². The Balaban J connectivity index is 1.87. The molecule has 2 N–H and O–H groups in total. The van der Waals surface area contributed by atoms with Gasteiger partial charge in [-0.25, -0.2) is 0 Å². The summed E-state index contributed by atoms with van der Waals surface area (Å²) in [5.41, 5.74) is 1.03. The van der Waals surface area contributed by atoms with Crippen LogP contribution in [0.4, 0.5) is 0 Å². The van der Waals surface area contributed by atoms with Crippen LogP contribution in [-0.2, 0) is 11.2 Å². The van der Waals surface area contributed by atoms with Gasteiger partial charge in [-0.05, 0) is 32.3 Å². The van der Waals surface area contributed by atoms with Gasteiger partial charge in [0.2, 0.25) is 11.7 Å². The molecule has 8 nitrogen and oxygen atoms in total. The fourth-order valence-corrected chi connectivity index (χ4v) is 3.41. The van der Waals surface area contributed by atoms with E-state index in [1.807, 2.05) is 24.0 Å². The van der Waals surface area contributed by atoms with Crippen molar-refractivity contribution in [2.24, 2.45) is 4.99 Å². The van der Waals surface area contributed by atoms with Crippen LogP contribution in [0, 0.1) is 0 Å². The number of amides is 1. The summed E-state index contributed by atoms with van der Waals surface area (Å²) in [5, 5.41) is 6.61. The van der Waals surface area contributed by atoms with Crippen molar-refractivity contribution < 1.29 is 19.0 Å². The lowest BCUT2D eigenvalue weighted by molar-refractivity contribution is -0.127. The third-order valence-corrected chi connectivity index (χ3v) is 4.84. The summed E-state index contributed by atoms with van der Waals surface area (Å²) < 4.78 is 16.3. The first kappa shape index (κ1) is 22.6. The Labute approximate surface area is 173 Å². The highest BCUT2D eigenvalue weighted by Crippen LogP contribution is 2.39. The van der Waals surface area contributed by atoms with Crippen molar-refractivity contribution in [3.8, 4) is 17.2 Å². The maximum absolute atomic E-state index is 11.7. The quantitative estimate of drug-likeness (QED) is 0.331. The van der Waals surface area contributed by atoms with Gasteiger partial charge in [0, 0.05) is 44.7 Å². The van der Waals surface area contributed by atoms with Crippen LogP contribution >= 0.6 is 0 Å². The fraction of sp³-hybridized carbons (Fsp3) is 0.619. The van der Waals surface area contributed by atoms with Gasteiger partial charge in [0.15, 0.2) is 17.5 Å². The maximum Gasteiger partial charge on any atom is 0.222 e. The highest BCUT2D eigenvalue weighted by molar-refractivity contribution is 5.79. The van der Waals surface area contributed by atoms with Crippen molar-refractivity contribution in [2.45, 2.75) is 32.6 Å². The standard InChI is InChI=1S/C21H34N4O4/c1-5-22-21(23-12-7-15-25-14-6-8-18(25)26)24-13-11-16-9-10-17(27-2)20(29-4)19(16)28-3/h9-10H,5-8,11-15H2,1-4H3,(H2,22,23,24). The largest absolute Gasteiger partial charge is 0.493 e. The first-order chi connectivity index (χ1) is 14.1. The molecule has 0 unspecified atom stereocenters. The zero-order valence-electron chi connectivity index (χ0n) is 18.0. The molecule has 1 heterocycles. The van der Waals surface area contributed by atoms with Crippen LogP contribution in [0.5, 0.6) is 17.2 Å². The third kappa shape index (κ3) is 6.44. The molecular weight excluding hydrogens is 372 g/mol. The SMILES string of the molecule is CCNC(=NCCCN1CCCC1=O)NCCc1ccc(OC)c(OC)c1OC. The molecule has 2 rings (SSSR count). The molecule has 1 aliphatic heterocycles. The van der Waals surface area contributed by atoms with Crippen molar-refractivity contribution in [1.82, 2.24) is 15.5 Å². The number of likely N-dealkylation sites (tertiary alicyclic amines) is 1. The van der Waals surface area contributed by atoms with Gasteiger partial charge in [-0.3, -0.25) is 9.79 Å². The van der Waals surface area contributed by atoms with E-state index in [4.69, 9.17) is 14.2 Å². The summed E-state index contributed by atoms with van der Waals surface area (Å²) in [6.07, 6.45) is 3.28. The summed E-state index contributed by atoms with van der Waals surface area (Å²) >= 11 is 0. The van der Waals surface area contributed by atoms with Gasteiger partial charge in [0.1, 0.15) is 0 Å². The molecule has 0 atom stereocenters. The van der Waals surface area contributed by atoms with Crippen molar-refractivity contribution in [1.29, 1.82) is 0 Å². The number of nitrogens with one attached hydrogen (secondary N) is 2. The van der Waals surface area contributed by atoms with Crippen LogP contribution in [0.3, 0.4) is 0 Å². The van der Waals surface area contributed by atoms with E-state index in [0.29, 0.717) is 36.8 Å². The van der Waals surface area contributed by atoms with Gasteiger partial charge >= 0.3 is 0 Å². The van der Waals surface area contributed by atoms with E-state index in [-0.39, 0.29) is 5.91 Å². The molecule has 29 heavy (non-hydrogen) atoms. The van der Waals surface area contributed by atoms with Crippen LogP contribution in [0.15, 0.2) is 17.1 Å². The van der Waals surface area contributed by atoms with E-state index in [2.05, 4.69) is 15.6 Å². The molecular formula is C21H34N4O4. The Hall–Kier alpha value is -2.64. The number of hydrogen-bond donors (Lipinski definition) is 2. The van der Waals surface area contributed by atoms with Crippen molar-refractivity contribution >= 4 is 11.9 Å². The van der Waals surface area contributed by atoms with Gasteiger partial charge in [0.05, 0.1) is 21.3 Å². The topological polar surface area (TPSA) is 84.4 Å². The molecule has 0 bridgehead atoms. The highest BCUT2D eigenvalue weighted by Gasteiger charge is 2.19. The summed E-state index contributed by atoms with van der Waals surface area (Å²) in [7, 11) is 4.84.